The third kappa shape index (κ3) is 1.53. The lowest BCUT2D eigenvalue weighted by atomic mass is 10.2. The van der Waals surface area contributed by atoms with E-state index in [1.807, 2.05) is 0 Å². The number of hydrogen-bond acceptors (Lipinski definition) is 5. The molecule has 3 atom stereocenters. The van der Waals surface area contributed by atoms with Crippen LogP contribution in [-0.2, 0) is 9.53 Å². The number of amidine groups is 1. The Labute approximate surface area is 93.6 Å². The number of rotatable bonds is 3. The second kappa shape index (κ2) is 3.35. The quantitative estimate of drug-likeness (QED) is 0.548. The lowest BCUT2D eigenvalue weighted by Crippen LogP contribution is -2.48. The largest absolute Gasteiger partial charge is 0.463 e. The van der Waals surface area contributed by atoms with Crippen LogP contribution in [0.5, 0.6) is 0 Å². The van der Waals surface area contributed by atoms with Gasteiger partial charge in [0.2, 0.25) is 5.91 Å². The molecule has 0 spiro atoms. The Balaban J connectivity index is 1.54. The van der Waals surface area contributed by atoms with E-state index in [1.54, 1.807) is 0 Å². The van der Waals surface area contributed by atoms with Crippen molar-refractivity contribution in [1.82, 2.24) is 10.6 Å². The maximum absolute atomic E-state index is 11.1. The van der Waals surface area contributed by atoms with Gasteiger partial charge in [0.05, 0.1) is 12.6 Å². The Morgan fingerprint density at radius 3 is 3.25 bits per heavy atom. The molecule has 6 nitrogen and oxygen atoms in total. The molecule has 88 valence electrons. The van der Waals surface area contributed by atoms with Crippen LogP contribution in [0.2, 0.25) is 0 Å². The summed E-state index contributed by atoms with van der Waals surface area (Å²) in [5.74, 6) is 0.320. The summed E-state index contributed by atoms with van der Waals surface area (Å²) in [4.78, 5) is 15.2. The highest BCUT2D eigenvalue weighted by Crippen LogP contribution is 2.51. The minimum atomic E-state index is -0.249. The van der Waals surface area contributed by atoms with E-state index in [2.05, 4.69) is 15.6 Å². The number of nitrogens with zero attached hydrogens (tertiary/aromatic N) is 1. The molecule has 3 unspecified atom stereocenters. The molecule has 2 fully saturated rings. The first-order valence-electron chi connectivity index (χ1n) is 5.68. The Morgan fingerprint density at radius 1 is 1.75 bits per heavy atom. The Morgan fingerprint density at radius 2 is 2.62 bits per heavy atom. The fourth-order valence-corrected chi connectivity index (χ4v) is 2.69. The van der Waals surface area contributed by atoms with Gasteiger partial charge in [0.15, 0.2) is 0 Å². The summed E-state index contributed by atoms with van der Waals surface area (Å²) in [6.45, 7) is 2.16. The topological polar surface area (TPSA) is 88.7 Å². The third-order valence-corrected chi connectivity index (χ3v) is 3.70. The molecule has 0 aromatic heterocycles. The van der Waals surface area contributed by atoms with Crippen LogP contribution >= 0.6 is 0 Å². The van der Waals surface area contributed by atoms with Crippen LogP contribution in [0, 0.1) is 5.92 Å². The molecule has 3 rings (SSSR count). The summed E-state index contributed by atoms with van der Waals surface area (Å²) in [6, 6.07) is 0.469. The zero-order chi connectivity index (χ0) is 11.2. The van der Waals surface area contributed by atoms with Crippen molar-refractivity contribution in [3.8, 4) is 0 Å². The first-order valence-corrected chi connectivity index (χ1v) is 5.68. The summed E-state index contributed by atoms with van der Waals surface area (Å²) in [5.41, 5.74) is 5.34. The Bertz CT molecular complexity index is 357. The van der Waals surface area contributed by atoms with Gasteiger partial charge >= 0.3 is 0 Å². The molecule has 0 radical (unpaired) electrons. The molecule has 16 heavy (non-hydrogen) atoms. The molecule has 3 aliphatic rings. The third-order valence-electron chi connectivity index (χ3n) is 3.70. The Hall–Kier alpha value is -1.30. The highest BCUT2D eigenvalue weighted by molar-refractivity contribution is 5.81. The number of nitrogens with one attached hydrogen (secondary N) is 2. The lowest BCUT2D eigenvalue weighted by Gasteiger charge is -2.18. The van der Waals surface area contributed by atoms with Gasteiger partial charge in [-0.15, -0.1) is 0 Å². The number of hydrogen-bond donors (Lipinski definition) is 3. The zero-order valence-electron chi connectivity index (χ0n) is 9.03. The van der Waals surface area contributed by atoms with Gasteiger partial charge in [-0.2, -0.15) is 0 Å². The SMILES string of the molecule is NC(=O)C1CC2CC2(CNC2=NCCO2)N1. The van der Waals surface area contributed by atoms with Crippen molar-refractivity contribution in [3.63, 3.8) is 0 Å². The minimum Gasteiger partial charge on any atom is -0.463 e. The number of carbonyl (C=O) groups is 1. The smallest absolute Gasteiger partial charge is 0.284 e. The molecule has 0 aromatic rings. The number of primary amides is 1. The highest BCUT2D eigenvalue weighted by atomic mass is 16.5. The standard InChI is InChI=1S/C10H16N4O2/c11-8(15)7-3-6-4-10(6,14-7)5-13-9-12-1-2-16-9/h6-7,14H,1-5H2,(H2,11,15)(H,12,13). The van der Waals surface area contributed by atoms with Crippen molar-refractivity contribution in [2.24, 2.45) is 16.6 Å². The van der Waals surface area contributed by atoms with Crippen molar-refractivity contribution in [2.45, 2.75) is 24.4 Å². The molecule has 1 saturated heterocycles. The van der Waals surface area contributed by atoms with Crippen LogP contribution in [0.25, 0.3) is 0 Å². The first-order chi connectivity index (χ1) is 7.70. The van der Waals surface area contributed by atoms with Crippen molar-refractivity contribution < 1.29 is 9.53 Å². The number of fused-ring (bicyclic) bond motifs is 1. The summed E-state index contributed by atoms with van der Waals surface area (Å²) >= 11 is 0. The van der Waals surface area contributed by atoms with Gasteiger partial charge in [0, 0.05) is 12.1 Å². The maximum Gasteiger partial charge on any atom is 0.284 e. The van der Waals surface area contributed by atoms with E-state index in [-0.39, 0.29) is 17.5 Å². The first kappa shape index (κ1) is 9.89. The molecule has 2 aliphatic heterocycles. The van der Waals surface area contributed by atoms with E-state index in [0.29, 0.717) is 18.5 Å². The molecule has 1 aliphatic carbocycles. The molecule has 6 heteroatoms. The summed E-state index contributed by atoms with van der Waals surface area (Å²) in [5, 5.41) is 6.50. The van der Waals surface area contributed by atoms with Crippen LogP contribution < -0.4 is 16.4 Å². The molecular weight excluding hydrogens is 208 g/mol. The van der Waals surface area contributed by atoms with Crippen LogP contribution in [-0.4, -0.2) is 43.2 Å². The van der Waals surface area contributed by atoms with Gasteiger partial charge in [-0.3, -0.25) is 10.1 Å². The molecule has 1 saturated carbocycles. The van der Waals surface area contributed by atoms with E-state index < -0.39 is 0 Å². The van der Waals surface area contributed by atoms with Crippen molar-refractivity contribution in [3.05, 3.63) is 0 Å². The van der Waals surface area contributed by atoms with Crippen molar-refractivity contribution in [1.29, 1.82) is 0 Å². The number of nitrogens with two attached hydrogens (primary N) is 1. The number of aliphatic imine (C=N–C) groups is 1. The average Bonchev–Trinajstić information content (AvgIpc) is 2.73. The lowest BCUT2D eigenvalue weighted by molar-refractivity contribution is -0.120. The monoisotopic (exact) mass is 224 g/mol. The maximum atomic E-state index is 11.1. The zero-order valence-corrected chi connectivity index (χ0v) is 9.03. The number of piperidine rings is 1. The second-order valence-electron chi connectivity index (χ2n) is 4.78. The predicted molar refractivity (Wildman–Crippen MR) is 57.8 cm³/mol. The fourth-order valence-electron chi connectivity index (χ4n) is 2.69. The van der Waals surface area contributed by atoms with Gasteiger partial charge in [0.25, 0.3) is 6.02 Å². The van der Waals surface area contributed by atoms with Gasteiger partial charge < -0.3 is 15.8 Å². The average molecular weight is 224 g/mol. The van der Waals surface area contributed by atoms with E-state index in [4.69, 9.17) is 10.5 Å². The number of ether oxygens (including phenoxy) is 1. The van der Waals surface area contributed by atoms with Crippen LogP contribution in [0.3, 0.4) is 0 Å². The summed E-state index contributed by atoms with van der Waals surface area (Å²) in [7, 11) is 0. The Kier molecular flexibility index (Phi) is 2.07. The van der Waals surface area contributed by atoms with E-state index in [9.17, 15) is 4.79 Å². The van der Waals surface area contributed by atoms with Gasteiger partial charge in [-0.1, -0.05) is 0 Å². The molecule has 2 heterocycles. The molecular formula is C10H16N4O2. The molecule has 0 aromatic carbocycles. The van der Waals surface area contributed by atoms with Crippen LogP contribution in [0.15, 0.2) is 4.99 Å². The highest BCUT2D eigenvalue weighted by Gasteiger charge is 2.60. The molecule has 1 amide bonds. The predicted octanol–water partition coefficient (Wildman–Crippen LogP) is -1.43. The van der Waals surface area contributed by atoms with Gasteiger partial charge in [-0.25, -0.2) is 4.99 Å². The fraction of sp³-hybridized carbons (Fsp3) is 0.800. The van der Waals surface area contributed by atoms with Gasteiger partial charge in [0.1, 0.15) is 6.61 Å². The van der Waals surface area contributed by atoms with E-state index in [0.717, 1.165) is 25.9 Å². The summed E-state index contributed by atoms with van der Waals surface area (Å²) in [6.07, 6.45) is 1.97. The molecule has 0 bridgehead atoms. The van der Waals surface area contributed by atoms with Gasteiger partial charge in [-0.05, 0) is 18.8 Å². The summed E-state index contributed by atoms with van der Waals surface area (Å²) < 4.78 is 5.27. The van der Waals surface area contributed by atoms with E-state index >= 15 is 0 Å². The van der Waals surface area contributed by atoms with Crippen LogP contribution in [0.4, 0.5) is 0 Å². The van der Waals surface area contributed by atoms with Crippen molar-refractivity contribution in [2.75, 3.05) is 19.7 Å². The number of amides is 1. The second-order valence-corrected chi connectivity index (χ2v) is 4.78. The van der Waals surface area contributed by atoms with Crippen molar-refractivity contribution >= 4 is 11.9 Å². The minimum absolute atomic E-state index is 0.0498. The normalized spacial score (nSPS) is 39.9. The number of carbonyl (C=O) groups excluding carboxylic acids is 1. The van der Waals surface area contributed by atoms with E-state index in [1.165, 1.54) is 0 Å². The van der Waals surface area contributed by atoms with Crippen LogP contribution in [0.1, 0.15) is 12.8 Å². The molecule has 4 N–H and O–H groups in total.